The van der Waals surface area contributed by atoms with Gasteiger partial charge in [0.15, 0.2) is 11.5 Å². The number of hydrogen-bond donors (Lipinski definition) is 2. The molecule has 1 aliphatic rings. The molecule has 0 aromatic heterocycles. The molecule has 5 heteroatoms. The molecule has 1 aromatic rings. The zero-order valence-corrected chi connectivity index (χ0v) is 13.6. The standard InChI is InChI=1S/C17H26N2O3/c1-12(2)11-22-16-9-14(6-7-15(16)21-3)19-17(20)13-5-4-8-18-10-13/h6-7,9,12-13,18H,4-5,8,10-11H2,1-3H3,(H,19,20)/t13-/m0/s1. The number of nitrogens with one attached hydrogen (secondary N) is 2. The molecule has 0 unspecified atom stereocenters. The van der Waals surface area contributed by atoms with Crippen LogP contribution in [0.1, 0.15) is 26.7 Å². The number of anilines is 1. The van der Waals surface area contributed by atoms with Gasteiger partial charge >= 0.3 is 0 Å². The number of carbonyl (C=O) groups excluding carboxylic acids is 1. The Labute approximate surface area is 132 Å². The molecule has 1 heterocycles. The smallest absolute Gasteiger partial charge is 0.228 e. The zero-order valence-electron chi connectivity index (χ0n) is 13.6. The van der Waals surface area contributed by atoms with Crippen molar-refractivity contribution >= 4 is 11.6 Å². The van der Waals surface area contributed by atoms with Crippen LogP contribution in [0.25, 0.3) is 0 Å². The van der Waals surface area contributed by atoms with Crippen molar-refractivity contribution in [2.24, 2.45) is 11.8 Å². The molecule has 1 fully saturated rings. The lowest BCUT2D eigenvalue weighted by Gasteiger charge is -2.22. The summed E-state index contributed by atoms with van der Waals surface area (Å²) in [7, 11) is 1.61. The molecule has 0 radical (unpaired) electrons. The number of piperidine rings is 1. The van der Waals surface area contributed by atoms with E-state index in [1.54, 1.807) is 7.11 Å². The SMILES string of the molecule is COc1ccc(NC(=O)[C@H]2CCCNC2)cc1OCC(C)C. The van der Waals surface area contributed by atoms with Gasteiger partial charge in [0.05, 0.1) is 19.6 Å². The maximum Gasteiger partial charge on any atom is 0.228 e. The van der Waals surface area contributed by atoms with Crippen LogP contribution in [0.2, 0.25) is 0 Å². The van der Waals surface area contributed by atoms with Gasteiger partial charge in [-0.25, -0.2) is 0 Å². The van der Waals surface area contributed by atoms with Gasteiger partial charge in [0, 0.05) is 18.3 Å². The first kappa shape index (κ1) is 16.6. The van der Waals surface area contributed by atoms with E-state index in [4.69, 9.17) is 9.47 Å². The number of benzene rings is 1. The molecule has 0 saturated carbocycles. The number of carbonyl (C=O) groups is 1. The highest BCUT2D eigenvalue weighted by Crippen LogP contribution is 2.31. The number of rotatable bonds is 6. The van der Waals surface area contributed by atoms with Crippen molar-refractivity contribution < 1.29 is 14.3 Å². The summed E-state index contributed by atoms with van der Waals surface area (Å²) in [6, 6.07) is 5.50. The van der Waals surface area contributed by atoms with Gasteiger partial charge in [-0.2, -0.15) is 0 Å². The molecular formula is C17H26N2O3. The van der Waals surface area contributed by atoms with Gasteiger partial charge in [-0.15, -0.1) is 0 Å². The van der Waals surface area contributed by atoms with E-state index < -0.39 is 0 Å². The van der Waals surface area contributed by atoms with Crippen molar-refractivity contribution in [2.45, 2.75) is 26.7 Å². The third kappa shape index (κ3) is 4.63. The normalized spacial score (nSPS) is 18.1. The third-order valence-corrected chi connectivity index (χ3v) is 3.67. The average molecular weight is 306 g/mol. The highest BCUT2D eigenvalue weighted by molar-refractivity contribution is 5.93. The Balaban J connectivity index is 2.03. The van der Waals surface area contributed by atoms with Crippen LogP contribution in [0.5, 0.6) is 11.5 Å². The van der Waals surface area contributed by atoms with E-state index in [9.17, 15) is 4.79 Å². The van der Waals surface area contributed by atoms with Gasteiger partial charge in [0.1, 0.15) is 0 Å². The topological polar surface area (TPSA) is 59.6 Å². The van der Waals surface area contributed by atoms with Gasteiger partial charge in [-0.3, -0.25) is 4.79 Å². The fourth-order valence-corrected chi connectivity index (χ4v) is 2.44. The Morgan fingerprint density at radius 1 is 1.41 bits per heavy atom. The molecule has 1 atom stereocenters. The summed E-state index contributed by atoms with van der Waals surface area (Å²) in [4.78, 5) is 12.3. The van der Waals surface area contributed by atoms with E-state index in [-0.39, 0.29) is 11.8 Å². The fourth-order valence-electron chi connectivity index (χ4n) is 2.44. The number of hydrogen-bond acceptors (Lipinski definition) is 4. The Kier molecular flexibility index (Phi) is 6.07. The molecule has 1 amide bonds. The Morgan fingerprint density at radius 3 is 2.86 bits per heavy atom. The molecule has 0 spiro atoms. The number of methoxy groups -OCH3 is 1. The minimum Gasteiger partial charge on any atom is -0.493 e. The first-order valence-electron chi connectivity index (χ1n) is 7.92. The van der Waals surface area contributed by atoms with E-state index in [0.717, 1.165) is 31.6 Å². The van der Waals surface area contributed by atoms with Crippen LogP contribution >= 0.6 is 0 Å². The third-order valence-electron chi connectivity index (χ3n) is 3.67. The molecule has 22 heavy (non-hydrogen) atoms. The first-order chi connectivity index (χ1) is 10.6. The molecule has 0 bridgehead atoms. The Hall–Kier alpha value is -1.75. The summed E-state index contributed by atoms with van der Waals surface area (Å²) in [5.41, 5.74) is 0.745. The predicted molar refractivity (Wildman–Crippen MR) is 87.6 cm³/mol. The summed E-state index contributed by atoms with van der Waals surface area (Å²) < 4.78 is 11.1. The molecule has 5 nitrogen and oxygen atoms in total. The molecule has 2 rings (SSSR count). The minimum atomic E-state index is 0.0379. The van der Waals surface area contributed by atoms with Crippen molar-refractivity contribution in [3.8, 4) is 11.5 Å². The quantitative estimate of drug-likeness (QED) is 0.848. The minimum absolute atomic E-state index is 0.0379. The van der Waals surface area contributed by atoms with E-state index in [1.807, 2.05) is 18.2 Å². The highest BCUT2D eigenvalue weighted by atomic mass is 16.5. The van der Waals surface area contributed by atoms with E-state index in [2.05, 4.69) is 24.5 Å². The molecule has 2 N–H and O–H groups in total. The second-order valence-corrected chi connectivity index (χ2v) is 6.10. The van der Waals surface area contributed by atoms with Gasteiger partial charge in [-0.05, 0) is 37.4 Å². The lowest BCUT2D eigenvalue weighted by molar-refractivity contribution is -0.120. The van der Waals surface area contributed by atoms with E-state index >= 15 is 0 Å². The lowest BCUT2D eigenvalue weighted by Crippen LogP contribution is -2.37. The van der Waals surface area contributed by atoms with Crippen LogP contribution in [0, 0.1) is 11.8 Å². The lowest BCUT2D eigenvalue weighted by atomic mass is 9.99. The van der Waals surface area contributed by atoms with Crippen LogP contribution in [0.4, 0.5) is 5.69 Å². The van der Waals surface area contributed by atoms with Crippen LogP contribution in [0.3, 0.4) is 0 Å². The predicted octanol–water partition coefficient (Wildman–Crippen LogP) is 2.67. The molecule has 0 aliphatic carbocycles. The summed E-state index contributed by atoms with van der Waals surface area (Å²) in [5, 5.41) is 6.23. The average Bonchev–Trinajstić information content (AvgIpc) is 2.54. The number of amides is 1. The molecule has 1 aliphatic heterocycles. The van der Waals surface area contributed by atoms with Crippen molar-refractivity contribution in [1.29, 1.82) is 0 Å². The summed E-state index contributed by atoms with van der Waals surface area (Å²) >= 11 is 0. The maximum atomic E-state index is 12.3. The zero-order chi connectivity index (χ0) is 15.9. The molecule has 122 valence electrons. The van der Waals surface area contributed by atoms with Crippen LogP contribution in [-0.2, 0) is 4.79 Å². The Morgan fingerprint density at radius 2 is 2.23 bits per heavy atom. The van der Waals surface area contributed by atoms with Gasteiger partial charge < -0.3 is 20.1 Å². The molecule has 1 saturated heterocycles. The van der Waals surface area contributed by atoms with Crippen LogP contribution < -0.4 is 20.1 Å². The molecular weight excluding hydrogens is 280 g/mol. The van der Waals surface area contributed by atoms with Gasteiger partial charge in [0.25, 0.3) is 0 Å². The number of ether oxygens (including phenoxy) is 2. The van der Waals surface area contributed by atoms with Crippen LogP contribution in [0.15, 0.2) is 18.2 Å². The summed E-state index contributed by atoms with van der Waals surface area (Å²) in [5.74, 6) is 1.87. The van der Waals surface area contributed by atoms with Gasteiger partial charge in [0.2, 0.25) is 5.91 Å². The summed E-state index contributed by atoms with van der Waals surface area (Å²) in [6.45, 7) is 6.54. The maximum absolute atomic E-state index is 12.3. The van der Waals surface area contributed by atoms with E-state index in [1.165, 1.54) is 0 Å². The van der Waals surface area contributed by atoms with Crippen molar-refractivity contribution in [1.82, 2.24) is 5.32 Å². The van der Waals surface area contributed by atoms with Crippen LogP contribution in [-0.4, -0.2) is 32.7 Å². The monoisotopic (exact) mass is 306 g/mol. The fraction of sp³-hybridized carbons (Fsp3) is 0.588. The van der Waals surface area contributed by atoms with Crippen molar-refractivity contribution in [2.75, 3.05) is 32.1 Å². The van der Waals surface area contributed by atoms with Gasteiger partial charge in [-0.1, -0.05) is 13.8 Å². The summed E-state index contributed by atoms with van der Waals surface area (Å²) in [6.07, 6.45) is 1.98. The first-order valence-corrected chi connectivity index (χ1v) is 7.92. The van der Waals surface area contributed by atoms with E-state index in [0.29, 0.717) is 24.0 Å². The van der Waals surface area contributed by atoms with Crippen molar-refractivity contribution in [3.63, 3.8) is 0 Å². The largest absolute Gasteiger partial charge is 0.493 e. The Bertz CT molecular complexity index is 497. The second-order valence-electron chi connectivity index (χ2n) is 6.10. The van der Waals surface area contributed by atoms with Crippen molar-refractivity contribution in [3.05, 3.63) is 18.2 Å². The highest BCUT2D eigenvalue weighted by Gasteiger charge is 2.21. The second kappa shape index (κ2) is 8.03. The molecule has 1 aromatic carbocycles.